The number of rotatable bonds is 4. The Hall–Kier alpha value is -1.61. The Labute approximate surface area is 147 Å². The van der Waals surface area contributed by atoms with Crippen LogP contribution in [-0.4, -0.2) is 5.91 Å². The van der Waals surface area contributed by atoms with Crippen molar-refractivity contribution >= 4 is 21.8 Å². The second kappa shape index (κ2) is 7.31. The van der Waals surface area contributed by atoms with Crippen LogP contribution in [0.3, 0.4) is 0 Å². The molecule has 3 heteroatoms. The van der Waals surface area contributed by atoms with Crippen molar-refractivity contribution in [2.24, 2.45) is 0 Å². The SMILES string of the molecule is CC(NC(=O)Cc1cccc(Br)c1)c1ccc(C(C)(C)C)cc1. The van der Waals surface area contributed by atoms with Crippen molar-refractivity contribution in [1.82, 2.24) is 5.32 Å². The molecule has 0 aromatic heterocycles. The predicted octanol–water partition coefficient (Wildman–Crippen LogP) is 5.17. The third kappa shape index (κ3) is 5.21. The van der Waals surface area contributed by atoms with Crippen LogP contribution in [0, 0.1) is 0 Å². The zero-order chi connectivity index (χ0) is 17.0. The van der Waals surface area contributed by atoms with Gasteiger partial charge in [-0.05, 0) is 41.2 Å². The summed E-state index contributed by atoms with van der Waals surface area (Å²) in [6.45, 7) is 8.62. The van der Waals surface area contributed by atoms with Gasteiger partial charge in [0, 0.05) is 4.47 Å². The van der Waals surface area contributed by atoms with Gasteiger partial charge >= 0.3 is 0 Å². The third-order valence-electron chi connectivity index (χ3n) is 3.91. The van der Waals surface area contributed by atoms with Gasteiger partial charge in [0.15, 0.2) is 0 Å². The number of hydrogen-bond donors (Lipinski definition) is 1. The topological polar surface area (TPSA) is 29.1 Å². The van der Waals surface area contributed by atoms with Crippen LogP contribution in [0.15, 0.2) is 53.0 Å². The Kier molecular flexibility index (Phi) is 5.64. The van der Waals surface area contributed by atoms with Crippen molar-refractivity contribution in [3.05, 3.63) is 69.7 Å². The van der Waals surface area contributed by atoms with E-state index in [1.54, 1.807) is 0 Å². The fourth-order valence-corrected chi connectivity index (χ4v) is 2.93. The standard InChI is InChI=1S/C20H24BrNO/c1-14(16-8-10-17(11-9-16)20(2,3)4)22-19(23)13-15-6-5-7-18(21)12-15/h5-12,14H,13H2,1-4H3,(H,22,23). The van der Waals surface area contributed by atoms with Gasteiger partial charge in [-0.25, -0.2) is 0 Å². The maximum atomic E-state index is 12.2. The van der Waals surface area contributed by atoms with Crippen LogP contribution in [0.25, 0.3) is 0 Å². The molecule has 1 unspecified atom stereocenters. The van der Waals surface area contributed by atoms with Gasteiger partial charge in [-0.15, -0.1) is 0 Å². The lowest BCUT2D eigenvalue weighted by atomic mass is 9.86. The van der Waals surface area contributed by atoms with E-state index in [9.17, 15) is 4.79 Å². The van der Waals surface area contributed by atoms with E-state index < -0.39 is 0 Å². The molecule has 0 spiro atoms. The van der Waals surface area contributed by atoms with Crippen LogP contribution in [-0.2, 0) is 16.6 Å². The number of carbonyl (C=O) groups is 1. The van der Waals surface area contributed by atoms with Gasteiger partial charge in [-0.3, -0.25) is 4.79 Å². The highest BCUT2D eigenvalue weighted by Gasteiger charge is 2.15. The third-order valence-corrected chi connectivity index (χ3v) is 4.40. The Morgan fingerprint density at radius 3 is 2.35 bits per heavy atom. The molecule has 0 saturated heterocycles. The summed E-state index contributed by atoms with van der Waals surface area (Å²) in [6.07, 6.45) is 0.393. The van der Waals surface area contributed by atoms with Crippen LogP contribution >= 0.6 is 15.9 Å². The summed E-state index contributed by atoms with van der Waals surface area (Å²) >= 11 is 3.43. The lowest BCUT2D eigenvalue weighted by Crippen LogP contribution is -2.28. The summed E-state index contributed by atoms with van der Waals surface area (Å²) in [6, 6.07) is 16.3. The summed E-state index contributed by atoms with van der Waals surface area (Å²) in [4.78, 5) is 12.2. The second-order valence-electron chi connectivity index (χ2n) is 6.97. The van der Waals surface area contributed by atoms with Crippen LogP contribution in [0.1, 0.15) is 50.4 Å². The fourth-order valence-electron chi connectivity index (χ4n) is 2.48. The first-order chi connectivity index (χ1) is 10.8. The van der Waals surface area contributed by atoms with Crippen molar-refractivity contribution in [1.29, 1.82) is 0 Å². The number of amides is 1. The molecule has 0 heterocycles. The molecule has 1 atom stereocenters. The van der Waals surface area contributed by atoms with Crippen LogP contribution in [0.4, 0.5) is 0 Å². The molecule has 1 N–H and O–H groups in total. The highest BCUT2D eigenvalue weighted by Crippen LogP contribution is 2.24. The van der Waals surface area contributed by atoms with E-state index in [1.807, 2.05) is 31.2 Å². The Morgan fingerprint density at radius 2 is 1.78 bits per heavy atom. The van der Waals surface area contributed by atoms with E-state index in [4.69, 9.17) is 0 Å². The predicted molar refractivity (Wildman–Crippen MR) is 99.5 cm³/mol. The van der Waals surface area contributed by atoms with E-state index in [0.29, 0.717) is 6.42 Å². The molecular formula is C20H24BrNO. The van der Waals surface area contributed by atoms with E-state index >= 15 is 0 Å². The molecule has 1 amide bonds. The molecule has 2 aromatic carbocycles. The zero-order valence-electron chi connectivity index (χ0n) is 14.2. The number of hydrogen-bond acceptors (Lipinski definition) is 1. The summed E-state index contributed by atoms with van der Waals surface area (Å²) in [5, 5.41) is 3.07. The minimum atomic E-state index is 0.00340. The lowest BCUT2D eigenvalue weighted by Gasteiger charge is -2.20. The Bertz CT molecular complexity index is 671. The Balaban J connectivity index is 1.98. The molecule has 2 rings (SSSR count). The van der Waals surface area contributed by atoms with E-state index in [-0.39, 0.29) is 17.4 Å². The number of nitrogens with one attached hydrogen (secondary N) is 1. The highest BCUT2D eigenvalue weighted by molar-refractivity contribution is 9.10. The molecule has 122 valence electrons. The van der Waals surface area contributed by atoms with Crippen LogP contribution < -0.4 is 5.32 Å². The molecule has 0 aliphatic rings. The van der Waals surface area contributed by atoms with Crippen molar-refractivity contribution < 1.29 is 4.79 Å². The molecular weight excluding hydrogens is 350 g/mol. The first-order valence-corrected chi connectivity index (χ1v) is 8.69. The molecule has 0 aliphatic heterocycles. The Morgan fingerprint density at radius 1 is 1.13 bits per heavy atom. The molecule has 2 nitrogen and oxygen atoms in total. The minimum Gasteiger partial charge on any atom is -0.349 e. The van der Waals surface area contributed by atoms with Crippen molar-refractivity contribution in [2.45, 2.75) is 45.6 Å². The van der Waals surface area contributed by atoms with Gasteiger partial charge in [0.05, 0.1) is 12.5 Å². The van der Waals surface area contributed by atoms with E-state index in [2.05, 4.69) is 66.3 Å². The largest absolute Gasteiger partial charge is 0.349 e. The minimum absolute atomic E-state index is 0.00340. The van der Waals surface area contributed by atoms with Crippen molar-refractivity contribution in [3.8, 4) is 0 Å². The quantitative estimate of drug-likeness (QED) is 0.786. The van der Waals surface area contributed by atoms with Gasteiger partial charge in [0.2, 0.25) is 5.91 Å². The fraction of sp³-hybridized carbons (Fsp3) is 0.350. The van der Waals surface area contributed by atoms with Crippen molar-refractivity contribution in [3.63, 3.8) is 0 Å². The molecule has 2 aromatic rings. The average Bonchev–Trinajstić information content (AvgIpc) is 2.46. The normalized spacial score (nSPS) is 12.7. The zero-order valence-corrected chi connectivity index (χ0v) is 15.8. The number of halogens is 1. The highest BCUT2D eigenvalue weighted by atomic mass is 79.9. The van der Waals surface area contributed by atoms with Crippen molar-refractivity contribution in [2.75, 3.05) is 0 Å². The van der Waals surface area contributed by atoms with E-state index in [1.165, 1.54) is 5.56 Å². The van der Waals surface area contributed by atoms with Gasteiger partial charge in [0.1, 0.15) is 0 Å². The second-order valence-corrected chi connectivity index (χ2v) is 7.88. The summed E-state index contributed by atoms with van der Waals surface area (Å²) < 4.78 is 0.994. The van der Waals surface area contributed by atoms with Gasteiger partial charge in [-0.1, -0.05) is 73.1 Å². The molecule has 0 saturated carbocycles. The first kappa shape index (κ1) is 17.7. The van der Waals surface area contributed by atoms with Crippen LogP contribution in [0.2, 0.25) is 0 Å². The molecule has 0 aliphatic carbocycles. The summed E-state index contributed by atoms with van der Waals surface area (Å²) in [5.74, 6) is 0.0375. The molecule has 0 fully saturated rings. The molecule has 0 bridgehead atoms. The molecule has 0 radical (unpaired) electrons. The molecule has 23 heavy (non-hydrogen) atoms. The average molecular weight is 374 g/mol. The number of carbonyl (C=O) groups excluding carboxylic acids is 1. The van der Waals surface area contributed by atoms with Crippen LogP contribution in [0.5, 0.6) is 0 Å². The lowest BCUT2D eigenvalue weighted by molar-refractivity contribution is -0.121. The number of benzene rings is 2. The monoisotopic (exact) mass is 373 g/mol. The maximum Gasteiger partial charge on any atom is 0.224 e. The first-order valence-electron chi connectivity index (χ1n) is 7.90. The maximum absolute atomic E-state index is 12.2. The van der Waals surface area contributed by atoms with Gasteiger partial charge < -0.3 is 5.32 Å². The summed E-state index contributed by atoms with van der Waals surface area (Å²) in [5.41, 5.74) is 3.58. The summed E-state index contributed by atoms with van der Waals surface area (Å²) in [7, 11) is 0. The van der Waals surface area contributed by atoms with Gasteiger partial charge in [0.25, 0.3) is 0 Å². The van der Waals surface area contributed by atoms with Gasteiger partial charge in [-0.2, -0.15) is 0 Å². The van der Waals surface area contributed by atoms with E-state index in [0.717, 1.165) is 15.6 Å². The smallest absolute Gasteiger partial charge is 0.224 e.